The van der Waals surface area contributed by atoms with Gasteiger partial charge >= 0.3 is 0 Å². The first-order valence-electron chi connectivity index (χ1n) is 13.5. The topological polar surface area (TPSA) is 91.8 Å². The summed E-state index contributed by atoms with van der Waals surface area (Å²) in [7, 11) is 0. The van der Waals surface area contributed by atoms with Gasteiger partial charge < -0.3 is 25.0 Å². The molecule has 2 N–H and O–H groups in total. The van der Waals surface area contributed by atoms with Crippen molar-refractivity contribution in [3.05, 3.63) is 60.3 Å². The van der Waals surface area contributed by atoms with E-state index in [4.69, 9.17) is 14.5 Å². The third-order valence-electron chi connectivity index (χ3n) is 7.52. The van der Waals surface area contributed by atoms with Crippen LogP contribution < -0.4 is 20.3 Å². The second-order valence-electron chi connectivity index (χ2n) is 10.0. The van der Waals surface area contributed by atoms with E-state index in [9.17, 15) is 4.79 Å². The van der Waals surface area contributed by atoms with Gasteiger partial charge in [-0.15, -0.1) is 0 Å². The Morgan fingerprint density at radius 2 is 1.74 bits per heavy atom. The van der Waals surface area contributed by atoms with Crippen LogP contribution in [0.15, 0.2) is 54.7 Å². The maximum Gasteiger partial charge on any atom is 0.227 e. The molecule has 2 aromatic carbocycles. The highest BCUT2D eigenvalue weighted by atomic mass is 16.5. The average molecular weight is 515 g/mol. The summed E-state index contributed by atoms with van der Waals surface area (Å²) < 4.78 is 11.4. The minimum atomic E-state index is 0.0507. The summed E-state index contributed by atoms with van der Waals surface area (Å²) in [6, 6.07) is 16.3. The van der Waals surface area contributed by atoms with Crippen molar-refractivity contribution >= 4 is 23.2 Å². The zero-order chi connectivity index (χ0) is 25.7. The van der Waals surface area contributed by atoms with E-state index in [1.54, 1.807) is 6.20 Å². The number of carbonyl (C=O) groups excluding carboxylic acids is 1. The Morgan fingerprint density at radius 1 is 0.921 bits per heavy atom. The predicted molar refractivity (Wildman–Crippen MR) is 147 cm³/mol. The van der Waals surface area contributed by atoms with Crippen LogP contribution in [0.4, 0.5) is 17.3 Å². The molecule has 0 spiro atoms. The van der Waals surface area contributed by atoms with Gasteiger partial charge in [-0.3, -0.25) is 9.69 Å². The van der Waals surface area contributed by atoms with Crippen LogP contribution in [0.3, 0.4) is 0 Å². The molecule has 1 amide bonds. The molecule has 0 radical (unpaired) electrons. The van der Waals surface area contributed by atoms with Crippen LogP contribution in [0.5, 0.6) is 5.75 Å². The van der Waals surface area contributed by atoms with Crippen molar-refractivity contribution in [1.82, 2.24) is 20.2 Å². The second-order valence-corrected chi connectivity index (χ2v) is 10.0. The molecular formula is C29H34N6O3. The van der Waals surface area contributed by atoms with Gasteiger partial charge in [0.05, 0.1) is 25.5 Å². The largest absolute Gasteiger partial charge is 0.492 e. The number of carbonyl (C=O) groups is 1. The van der Waals surface area contributed by atoms with Gasteiger partial charge in [0.15, 0.2) is 0 Å². The van der Waals surface area contributed by atoms with E-state index in [1.165, 1.54) is 11.3 Å². The van der Waals surface area contributed by atoms with Crippen LogP contribution in [0.25, 0.3) is 11.3 Å². The van der Waals surface area contributed by atoms with E-state index in [-0.39, 0.29) is 11.8 Å². The maximum absolute atomic E-state index is 12.8. The molecule has 198 valence electrons. The standard InChI is InChI=1S/C29H34N6O3/c36-28-22-8-12-34(13-9-22)20-23-19-24(3-6-27(23)35-14-17-37-18-15-35)32-29-31-10-7-26(33-29)21-1-4-25(5-2-21)38-16-11-30-28/h1-7,10,19,22H,8-9,11-18,20H2,(H,30,36)(H,31,32,33). The van der Waals surface area contributed by atoms with Crippen molar-refractivity contribution in [2.24, 2.45) is 5.92 Å². The Bertz CT molecular complexity index is 1250. The Morgan fingerprint density at radius 3 is 2.55 bits per heavy atom. The minimum absolute atomic E-state index is 0.0507. The Kier molecular flexibility index (Phi) is 7.37. The fourth-order valence-electron chi connectivity index (χ4n) is 5.42. The van der Waals surface area contributed by atoms with Crippen LogP contribution in [-0.2, 0) is 16.1 Å². The number of aromatic nitrogens is 2. The molecular weight excluding hydrogens is 480 g/mol. The van der Waals surface area contributed by atoms with Gasteiger partial charge in [0.2, 0.25) is 11.9 Å². The number of benzene rings is 2. The average Bonchev–Trinajstić information content (AvgIpc) is 2.96. The van der Waals surface area contributed by atoms with Crippen molar-refractivity contribution in [2.75, 3.05) is 62.8 Å². The molecule has 0 saturated carbocycles. The van der Waals surface area contributed by atoms with Gasteiger partial charge in [0.1, 0.15) is 12.4 Å². The zero-order valence-electron chi connectivity index (χ0n) is 21.6. The molecule has 3 aromatic rings. The first-order valence-corrected chi connectivity index (χ1v) is 13.5. The number of morpholine rings is 1. The third-order valence-corrected chi connectivity index (χ3v) is 7.52. The summed E-state index contributed by atoms with van der Waals surface area (Å²) in [5.41, 5.74) is 5.27. The van der Waals surface area contributed by atoms with Crippen LogP contribution in [-0.4, -0.2) is 73.3 Å². The number of ether oxygens (including phenoxy) is 2. The molecule has 1 aromatic heterocycles. The number of nitrogens with one attached hydrogen (secondary N) is 2. The number of nitrogens with zero attached hydrogens (tertiary/aromatic N) is 4. The maximum atomic E-state index is 12.8. The van der Waals surface area contributed by atoms with Crippen LogP contribution in [0, 0.1) is 5.92 Å². The summed E-state index contributed by atoms with van der Waals surface area (Å²) in [4.78, 5) is 26.9. The Balaban J connectivity index is 1.31. The highest BCUT2D eigenvalue weighted by molar-refractivity contribution is 5.78. The molecule has 38 heavy (non-hydrogen) atoms. The number of amides is 1. The highest BCUT2D eigenvalue weighted by Gasteiger charge is 2.26. The van der Waals surface area contributed by atoms with E-state index >= 15 is 0 Å². The fraction of sp³-hybridized carbons (Fsp3) is 0.414. The minimum Gasteiger partial charge on any atom is -0.492 e. The third kappa shape index (κ3) is 5.74. The van der Waals surface area contributed by atoms with E-state index in [0.29, 0.717) is 19.1 Å². The lowest BCUT2D eigenvalue weighted by Crippen LogP contribution is -2.41. The summed E-state index contributed by atoms with van der Waals surface area (Å²) in [6.07, 6.45) is 3.50. The summed E-state index contributed by atoms with van der Waals surface area (Å²) in [5, 5.41) is 6.49. The van der Waals surface area contributed by atoms with Gasteiger partial charge in [0.25, 0.3) is 0 Å². The van der Waals surface area contributed by atoms with Crippen LogP contribution >= 0.6 is 0 Å². The molecule has 9 heteroatoms. The fourth-order valence-corrected chi connectivity index (χ4v) is 5.42. The number of hydrogen-bond acceptors (Lipinski definition) is 8. The smallest absolute Gasteiger partial charge is 0.227 e. The van der Waals surface area contributed by atoms with Crippen molar-refractivity contribution in [1.29, 1.82) is 0 Å². The number of piperidine rings is 1. The second kappa shape index (κ2) is 11.4. The van der Waals surface area contributed by atoms with Crippen molar-refractivity contribution in [2.45, 2.75) is 19.4 Å². The van der Waals surface area contributed by atoms with E-state index in [1.807, 2.05) is 30.3 Å². The molecule has 6 aliphatic heterocycles. The van der Waals surface area contributed by atoms with E-state index in [0.717, 1.165) is 81.5 Å². The van der Waals surface area contributed by atoms with Crippen LogP contribution in [0.1, 0.15) is 18.4 Å². The van der Waals surface area contributed by atoms with Gasteiger partial charge in [-0.1, -0.05) is 0 Å². The van der Waals surface area contributed by atoms with Gasteiger partial charge in [-0.2, -0.15) is 0 Å². The molecule has 2 fully saturated rings. The van der Waals surface area contributed by atoms with E-state index < -0.39 is 0 Å². The highest BCUT2D eigenvalue weighted by Crippen LogP contribution is 2.30. The first-order chi connectivity index (χ1) is 18.7. The number of rotatable bonds is 1. The molecule has 9 nitrogen and oxygen atoms in total. The molecule has 0 aliphatic carbocycles. The molecule has 7 heterocycles. The van der Waals surface area contributed by atoms with Gasteiger partial charge in [0, 0.05) is 48.7 Å². The SMILES string of the molecule is O=C1NCCOc2ccc(cc2)-c2ccnc(n2)Nc2ccc(N3CCOCC3)c(c2)CN2CCC1CC2. The molecule has 6 aliphatic rings. The molecule has 9 rings (SSSR count). The lowest BCUT2D eigenvalue weighted by Gasteiger charge is -2.34. The lowest BCUT2D eigenvalue weighted by molar-refractivity contribution is -0.126. The Hall–Kier alpha value is -3.69. The Labute approximate surface area is 223 Å². The van der Waals surface area contributed by atoms with Gasteiger partial charge in [-0.25, -0.2) is 9.97 Å². The van der Waals surface area contributed by atoms with Crippen molar-refractivity contribution < 1.29 is 14.3 Å². The molecule has 0 atom stereocenters. The summed E-state index contributed by atoms with van der Waals surface area (Å²) >= 11 is 0. The quantitative estimate of drug-likeness (QED) is 0.510. The number of hydrogen-bond donors (Lipinski definition) is 2. The lowest BCUT2D eigenvalue weighted by atomic mass is 9.95. The van der Waals surface area contributed by atoms with Crippen LogP contribution in [0.2, 0.25) is 0 Å². The summed E-state index contributed by atoms with van der Waals surface area (Å²) in [5.74, 6) is 1.51. The normalized spacial score (nSPS) is 22.1. The molecule has 8 bridgehead atoms. The van der Waals surface area contributed by atoms with E-state index in [2.05, 4.69) is 43.6 Å². The molecule has 2 saturated heterocycles. The van der Waals surface area contributed by atoms with Crippen molar-refractivity contribution in [3.8, 4) is 17.0 Å². The predicted octanol–water partition coefficient (Wildman–Crippen LogP) is 3.44. The zero-order valence-corrected chi connectivity index (χ0v) is 21.6. The molecule has 0 unspecified atom stereocenters. The van der Waals surface area contributed by atoms with Gasteiger partial charge in [-0.05, 0) is 80.0 Å². The first kappa shape index (κ1) is 24.6. The van der Waals surface area contributed by atoms with Crippen molar-refractivity contribution in [3.63, 3.8) is 0 Å². The number of anilines is 3. The monoisotopic (exact) mass is 514 g/mol. The summed E-state index contributed by atoms with van der Waals surface area (Å²) in [6.45, 7) is 6.81.